The van der Waals surface area contributed by atoms with Gasteiger partial charge in [-0.1, -0.05) is 13.8 Å². The van der Waals surface area contributed by atoms with Gasteiger partial charge in [-0.05, 0) is 19.8 Å². The number of nitrogens with zero attached hydrogens (tertiary/aromatic N) is 4. The number of rotatable bonds is 5. The van der Waals surface area contributed by atoms with E-state index in [1.807, 2.05) is 27.7 Å². The molecule has 0 unspecified atom stereocenters. The maximum absolute atomic E-state index is 8.91. The molecule has 0 saturated heterocycles. The van der Waals surface area contributed by atoms with Crippen LogP contribution >= 0.6 is 0 Å². The van der Waals surface area contributed by atoms with Gasteiger partial charge in [0.2, 0.25) is 11.6 Å². The molecule has 14 heavy (non-hydrogen) atoms. The summed E-state index contributed by atoms with van der Waals surface area (Å²) in [6.07, 6.45) is 0. The van der Waals surface area contributed by atoms with E-state index in [2.05, 4.69) is 20.1 Å². The Hall–Kier alpha value is -1.06. The summed E-state index contributed by atoms with van der Waals surface area (Å²) < 4.78 is 0. The predicted molar refractivity (Wildman–Crippen MR) is 56.4 cm³/mol. The third-order valence-electron chi connectivity index (χ3n) is 1.51. The summed E-state index contributed by atoms with van der Waals surface area (Å²) in [4.78, 5) is 7.68. The third kappa shape index (κ3) is 6.46. The molecule has 0 heterocycles. The molecule has 0 amide bonds. The van der Waals surface area contributed by atoms with Gasteiger partial charge >= 0.3 is 0 Å². The minimum absolute atomic E-state index is 0.0193. The van der Waals surface area contributed by atoms with Crippen LogP contribution in [-0.2, 0) is 0 Å². The van der Waals surface area contributed by atoms with Crippen LogP contribution in [-0.4, -0.2) is 30.1 Å². The Kier molecular flexibility index (Phi) is 6.80. The van der Waals surface area contributed by atoms with E-state index < -0.39 is 0 Å². The van der Waals surface area contributed by atoms with Crippen molar-refractivity contribution in [2.24, 2.45) is 21.1 Å². The summed E-state index contributed by atoms with van der Waals surface area (Å²) in [5, 5.41) is 16.5. The Morgan fingerprint density at radius 1 is 1.29 bits per heavy atom. The average molecular weight is 199 g/mol. The Morgan fingerprint density at radius 2 is 1.93 bits per heavy atom. The van der Waals surface area contributed by atoms with Crippen molar-refractivity contribution in [1.82, 2.24) is 4.91 Å². The van der Waals surface area contributed by atoms with Crippen LogP contribution in [0, 0.1) is 5.92 Å². The van der Waals surface area contributed by atoms with Crippen molar-refractivity contribution in [2.75, 3.05) is 13.3 Å². The summed E-state index contributed by atoms with van der Waals surface area (Å²) in [5.41, 5.74) is 0.744. The first-order chi connectivity index (χ1) is 6.57. The largest absolute Gasteiger partial charge is 0.390 e. The maximum Gasteiger partial charge on any atom is 0.219 e. The zero-order chi connectivity index (χ0) is 11.0. The number of aliphatic imine (C=N–C) groups is 1. The zero-order valence-electron chi connectivity index (χ0n) is 9.30. The first-order valence-electron chi connectivity index (χ1n) is 4.78. The van der Waals surface area contributed by atoms with Gasteiger partial charge in [0, 0.05) is 5.71 Å². The second kappa shape index (κ2) is 7.35. The van der Waals surface area contributed by atoms with Crippen LogP contribution in [0.3, 0.4) is 0 Å². The molecule has 0 fully saturated rings. The van der Waals surface area contributed by atoms with Gasteiger partial charge < -0.3 is 5.11 Å². The van der Waals surface area contributed by atoms with E-state index in [9.17, 15) is 0 Å². The topological polar surface area (TPSA) is 71.4 Å². The fourth-order valence-corrected chi connectivity index (χ4v) is 0.706. The van der Waals surface area contributed by atoms with E-state index >= 15 is 0 Å². The number of hydrogen-bond acceptors (Lipinski definition) is 4. The second-order valence-corrected chi connectivity index (χ2v) is 3.54. The number of hydrogen-bond donors (Lipinski definition) is 1. The normalized spacial score (nSPS) is 11.8. The highest BCUT2D eigenvalue weighted by Gasteiger charge is 2.02. The van der Waals surface area contributed by atoms with Gasteiger partial charge in [0.05, 0.1) is 6.61 Å². The highest BCUT2D eigenvalue weighted by atomic mass is 16.3. The molecule has 0 aliphatic rings. The lowest BCUT2D eigenvalue weighted by Crippen LogP contribution is -2.12. The first kappa shape index (κ1) is 12.9. The van der Waals surface area contributed by atoms with Gasteiger partial charge in [0.25, 0.3) is 0 Å². The Morgan fingerprint density at radius 3 is 2.36 bits per heavy atom. The van der Waals surface area contributed by atoms with Crippen molar-refractivity contribution < 1.29 is 5.11 Å². The van der Waals surface area contributed by atoms with Gasteiger partial charge in [-0.15, -0.1) is 0 Å². The Labute approximate surface area is 84.7 Å². The van der Waals surface area contributed by atoms with Gasteiger partial charge in [0.1, 0.15) is 16.3 Å². The quantitative estimate of drug-likeness (QED) is 0.406. The third-order valence-corrected chi connectivity index (χ3v) is 1.51. The Bertz CT molecular complexity index is 239. The van der Waals surface area contributed by atoms with Crippen LogP contribution < -0.4 is 4.91 Å². The van der Waals surface area contributed by atoms with E-state index in [-0.39, 0.29) is 25.2 Å². The van der Waals surface area contributed by atoms with Crippen molar-refractivity contribution in [1.29, 1.82) is 0 Å². The average Bonchev–Trinajstić information content (AvgIpc) is 2.10. The number of aliphatic hydroxyl groups excluding tert-OH is 1. The molecule has 0 aromatic rings. The van der Waals surface area contributed by atoms with Gasteiger partial charge in [-0.25, -0.2) is 0 Å². The SMILES string of the molecule is CC(C)N=[N+]=NCN=C(CO)C(C)C. The van der Waals surface area contributed by atoms with Crippen molar-refractivity contribution in [3.8, 4) is 0 Å². The lowest BCUT2D eigenvalue weighted by atomic mass is 10.1. The van der Waals surface area contributed by atoms with Gasteiger partial charge in [-0.3, -0.25) is 4.99 Å². The summed E-state index contributed by atoms with van der Waals surface area (Å²) in [6, 6.07) is 0.158. The summed E-state index contributed by atoms with van der Waals surface area (Å²) in [7, 11) is 0. The highest BCUT2D eigenvalue weighted by Crippen LogP contribution is 1.96. The molecular formula is C9H19N4O+. The summed E-state index contributed by atoms with van der Waals surface area (Å²) >= 11 is 0. The zero-order valence-corrected chi connectivity index (χ0v) is 9.30. The van der Waals surface area contributed by atoms with Crippen LogP contribution in [0.4, 0.5) is 0 Å². The predicted octanol–water partition coefficient (Wildman–Crippen LogP) is 1.41. The summed E-state index contributed by atoms with van der Waals surface area (Å²) in [5.74, 6) is 0.247. The molecule has 0 rings (SSSR count). The van der Waals surface area contributed by atoms with E-state index in [0.717, 1.165) is 5.71 Å². The van der Waals surface area contributed by atoms with E-state index in [4.69, 9.17) is 5.11 Å². The smallest absolute Gasteiger partial charge is 0.219 e. The van der Waals surface area contributed by atoms with E-state index in [1.165, 1.54) is 0 Å². The van der Waals surface area contributed by atoms with E-state index in [1.54, 1.807) is 0 Å². The molecule has 0 saturated carbocycles. The molecule has 5 nitrogen and oxygen atoms in total. The standard InChI is InChI=1S/C9H19N4O/c1-7(2)9(5-14)10-6-11-13-12-8(3)4/h7-8,14H,5-6H2,1-4H3/q+1. The molecule has 0 aliphatic heterocycles. The second-order valence-electron chi connectivity index (χ2n) is 3.54. The highest BCUT2D eigenvalue weighted by molar-refractivity contribution is 5.87. The van der Waals surface area contributed by atoms with Crippen molar-refractivity contribution >= 4 is 5.71 Å². The molecular weight excluding hydrogens is 180 g/mol. The minimum atomic E-state index is -0.0193. The lowest BCUT2D eigenvalue weighted by molar-refractivity contribution is 0.351. The fourth-order valence-electron chi connectivity index (χ4n) is 0.706. The summed E-state index contributed by atoms with van der Waals surface area (Å²) in [6.45, 7) is 8.03. The molecule has 5 heteroatoms. The van der Waals surface area contributed by atoms with Crippen LogP contribution in [0.15, 0.2) is 15.2 Å². The molecule has 0 radical (unpaired) electrons. The number of aliphatic hydroxyl groups is 1. The van der Waals surface area contributed by atoms with Crippen molar-refractivity contribution in [2.45, 2.75) is 33.7 Å². The minimum Gasteiger partial charge on any atom is -0.390 e. The Balaban J connectivity index is 4.08. The van der Waals surface area contributed by atoms with Crippen LogP contribution in [0.2, 0.25) is 0 Å². The molecule has 0 bridgehead atoms. The molecule has 0 aliphatic carbocycles. The van der Waals surface area contributed by atoms with Crippen molar-refractivity contribution in [3.05, 3.63) is 0 Å². The van der Waals surface area contributed by atoms with Crippen molar-refractivity contribution in [3.63, 3.8) is 0 Å². The molecule has 80 valence electrons. The molecule has 1 N–H and O–H groups in total. The molecule has 0 aromatic carbocycles. The van der Waals surface area contributed by atoms with Gasteiger partial charge in [0.15, 0.2) is 0 Å². The van der Waals surface area contributed by atoms with E-state index in [0.29, 0.717) is 0 Å². The molecule has 0 atom stereocenters. The lowest BCUT2D eigenvalue weighted by Gasteiger charge is -2.03. The van der Waals surface area contributed by atoms with Crippen LogP contribution in [0.1, 0.15) is 27.7 Å². The van der Waals surface area contributed by atoms with Crippen LogP contribution in [0.5, 0.6) is 0 Å². The van der Waals surface area contributed by atoms with Gasteiger partial charge in [-0.2, -0.15) is 0 Å². The monoisotopic (exact) mass is 199 g/mol. The van der Waals surface area contributed by atoms with Crippen LogP contribution in [0.25, 0.3) is 0 Å². The molecule has 0 aromatic heterocycles. The fraction of sp³-hybridized carbons (Fsp3) is 0.889. The first-order valence-corrected chi connectivity index (χ1v) is 4.78. The molecule has 0 spiro atoms. The maximum atomic E-state index is 8.91.